The molecule has 13 heteroatoms. The largest absolute Gasteiger partial charge is 0.478 e. The highest BCUT2D eigenvalue weighted by atomic mass is 19.1. The number of fused-ring (bicyclic) bond motifs is 2. The monoisotopic (exact) mass is 663 g/mol. The summed E-state index contributed by atoms with van der Waals surface area (Å²) < 4.78 is 15.6. The van der Waals surface area contributed by atoms with Crippen LogP contribution < -0.4 is 10.2 Å². The van der Waals surface area contributed by atoms with E-state index in [1.54, 1.807) is 12.1 Å². The third kappa shape index (κ3) is 9.57. The van der Waals surface area contributed by atoms with E-state index in [0.717, 1.165) is 68.8 Å². The van der Waals surface area contributed by atoms with Crippen LogP contribution in [0.1, 0.15) is 89.4 Å². The van der Waals surface area contributed by atoms with Gasteiger partial charge >= 0.3 is 11.9 Å². The summed E-state index contributed by atoms with van der Waals surface area (Å²) in [6, 6.07) is 9.97. The number of aliphatic carboxylic acids is 2. The Morgan fingerprint density at radius 3 is 2.23 bits per heavy atom. The molecule has 3 heterocycles. The summed E-state index contributed by atoms with van der Waals surface area (Å²) in [5.74, 6) is -2.91. The third-order valence-corrected chi connectivity index (χ3v) is 8.44. The molecule has 0 unspecified atom stereocenters. The molecule has 2 aromatic carbocycles. The molecule has 12 nitrogen and oxygen atoms in total. The molecule has 48 heavy (non-hydrogen) atoms. The van der Waals surface area contributed by atoms with Gasteiger partial charge in [-0.3, -0.25) is 24.6 Å². The van der Waals surface area contributed by atoms with Crippen molar-refractivity contribution in [3.63, 3.8) is 0 Å². The van der Waals surface area contributed by atoms with Crippen LogP contribution in [0.2, 0.25) is 0 Å². The Balaban J connectivity index is 0.000000579. The second-order valence-electron chi connectivity index (χ2n) is 11.9. The molecule has 1 aromatic heterocycles. The number of rotatable bonds is 14. The summed E-state index contributed by atoms with van der Waals surface area (Å²) in [6.07, 6.45) is 10.1. The van der Waals surface area contributed by atoms with Gasteiger partial charge in [0.15, 0.2) is 5.82 Å². The number of carbonyl (C=O) groups is 5. The first-order chi connectivity index (χ1) is 23.1. The molecular formula is C35H42FN5O7. The molecule has 2 aliphatic heterocycles. The van der Waals surface area contributed by atoms with Crippen LogP contribution in [0.15, 0.2) is 48.6 Å². The van der Waals surface area contributed by atoms with E-state index >= 15 is 0 Å². The molecule has 256 valence electrons. The molecule has 3 aromatic rings. The van der Waals surface area contributed by atoms with Gasteiger partial charge in [-0.05, 0) is 36.6 Å². The number of unbranched alkanes of at least 4 members (excludes halogenated alkanes) is 6. The summed E-state index contributed by atoms with van der Waals surface area (Å²) in [5, 5.41) is 23.5. The summed E-state index contributed by atoms with van der Waals surface area (Å²) in [6.45, 7) is 6.00. The van der Waals surface area contributed by atoms with Crippen molar-refractivity contribution in [1.82, 2.24) is 20.0 Å². The smallest absolute Gasteiger partial charge is 0.328 e. The Hall–Kier alpha value is -4.91. The number of benzene rings is 2. The van der Waals surface area contributed by atoms with Crippen molar-refractivity contribution >= 4 is 46.4 Å². The van der Waals surface area contributed by atoms with Crippen LogP contribution in [0.4, 0.5) is 10.2 Å². The van der Waals surface area contributed by atoms with Crippen molar-refractivity contribution in [1.29, 1.82) is 0 Å². The maximum atomic E-state index is 14.2. The van der Waals surface area contributed by atoms with Crippen molar-refractivity contribution in [3.05, 3.63) is 71.1 Å². The number of carboxylic acids is 2. The fraction of sp³-hybridized carbons (Fsp3) is 0.429. The summed E-state index contributed by atoms with van der Waals surface area (Å²) >= 11 is 0. The maximum absolute atomic E-state index is 14.2. The van der Waals surface area contributed by atoms with Crippen molar-refractivity contribution in [2.45, 2.75) is 64.7 Å². The molecule has 0 saturated carbocycles. The molecule has 0 radical (unpaired) electrons. The summed E-state index contributed by atoms with van der Waals surface area (Å²) in [4.78, 5) is 60.9. The summed E-state index contributed by atoms with van der Waals surface area (Å²) in [5.41, 5.74) is 2.36. The molecule has 0 aliphatic carbocycles. The first-order valence-electron chi connectivity index (χ1n) is 16.4. The average Bonchev–Trinajstić information content (AvgIpc) is 3.59. The molecule has 0 spiro atoms. The Kier molecular flexibility index (Phi) is 13.0. The normalized spacial score (nSPS) is 14.6. The molecule has 1 saturated heterocycles. The number of amides is 2. The van der Waals surface area contributed by atoms with Crippen molar-refractivity contribution < 1.29 is 38.6 Å². The number of anilines is 1. The zero-order valence-corrected chi connectivity index (χ0v) is 27.1. The number of aromatic nitrogens is 2. The number of carbonyl (C=O) groups excluding carboxylic acids is 3. The van der Waals surface area contributed by atoms with Gasteiger partial charge in [0.2, 0.25) is 5.91 Å². The maximum Gasteiger partial charge on any atom is 0.328 e. The van der Waals surface area contributed by atoms with Crippen LogP contribution in [0.3, 0.4) is 0 Å². The lowest BCUT2D eigenvalue weighted by molar-refractivity contribution is -0.134. The number of hydrogen-bond acceptors (Lipinski definition) is 8. The second-order valence-corrected chi connectivity index (χ2v) is 11.9. The van der Waals surface area contributed by atoms with E-state index in [1.807, 2.05) is 12.1 Å². The van der Waals surface area contributed by atoms with Crippen molar-refractivity contribution in [2.75, 3.05) is 37.6 Å². The lowest BCUT2D eigenvalue weighted by Gasteiger charge is -2.35. The number of hydrogen-bond donors (Lipinski definition) is 3. The first-order valence-corrected chi connectivity index (χ1v) is 16.4. The molecule has 3 N–H and O–H groups in total. The molecular weight excluding hydrogens is 621 g/mol. The molecule has 2 amide bonds. The zero-order valence-electron chi connectivity index (χ0n) is 27.1. The Bertz CT molecular complexity index is 1660. The van der Waals surface area contributed by atoms with Gasteiger partial charge in [-0.25, -0.2) is 14.0 Å². The van der Waals surface area contributed by atoms with E-state index in [9.17, 15) is 28.4 Å². The fourth-order valence-corrected chi connectivity index (χ4v) is 5.94. The zero-order chi connectivity index (χ0) is 34.6. The van der Waals surface area contributed by atoms with Gasteiger partial charge in [0.25, 0.3) is 11.8 Å². The van der Waals surface area contributed by atoms with Gasteiger partial charge in [-0.15, -0.1) is 5.10 Å². The van der Waals surface area contributed by atoms with E-state index < -0.39 is 11.9 Å². The van der Waals surface area contributed by atoms with E-state index in [1.165, 1.54) is 42.5 Å². The van der Waals surface area contributed by atoms with Gasteiger partial charge in [-0.1, -0.05) is 57.6 Å². The number of nitrogens with zero attached hydrogens (tertiary/aromatic N) is 4. The number of nitrogens with one attached hydrogen (secondary N) is 1. The minimum absolute atomic E-state index is 0.0908. The molecule has 0 bridgehead atoms. The Labute approximate surface area is 278 Å². The topological polar surface area (TPSA) is 162 Å². The minimum atomic E-state index is -1.26. The average molecular weight is 664 g/mol. The lowest BCUT2D eigenvalue weighted by Crippen LogP contribution is -2.47. The predicted octanol–water partition coefficient (Wildman–Crippen LogP) is 4.92. The van der Waals surface area contributed by atoms with Crippen LogP contribution in [0.5, 0.6) is 0 Å². The Morgan fingerprint density at radius 1 is 0.896 bits per heavy atom. The number of piperazine rings is 1. The first kappa shape index (κ1) is 35.9. The molecule has 1 fully saturated rings. The van der Waals surface area contributed by atoms with Gasteiger partial charge in [0, 0.05) is 62.7 Å². The molecule has 5 rings (SSSR count). The van der Waals surface area contributed by atoms with Crippen molar-refractivity contribution in [2.24, 2.45) is 0 Å². The highest BCUT2D eigenvalue weighted by Crippen LogP contribution is 2.29. The van der Waals surface area contributed by atoms with Crippen LogP contribution in [0, 0.1) is 5.82 Å². The molecule has 0 atom stereocenters. The van der Waals surface area contributed by atoms with Crippen LogP contribution in [-0.2, 0) is 16.0 Å². The van der Waals surface area contributed by atoms with E-state index in [0.29, 0.717) is 41.6 Å². The highest BCUT2D eigenvalue weighted by molar-refractivity contribution is 6.22. The Morgan fingerprint density at radius 2 is 1.56 bits per heavy atom. The summed E-state index contributed by atoms with van der Waals surface area (Å²) in [7, 11) is 0. The molecule has 2 aliphatic rings. The van der Waals surface area contributed by atoms with E-state index in [2.05, 4.69) is 22.0 Å². The van der Waals surface area contributed by atoms with Gasteiger partial charge < -0.3 is 15.1 Å². The lowest BCUT2D eigenvalue weighted by atomic mass is 10.00. The van der Waals surface area contributed by atoms with Crippen LogP contribution >= 0.6 is 0 Å². The van der Waals surface area contributed by atoms with Gasteiger partial charge in [-0.2, -0.15) is 4.68 Å². The second kappa shape index (κ2) is 17.3. The van der Waals surface area contributed by atoms with E-state index in [4.69, 9.17) is 15.3 Å². The fourth-order valence-electron chi connectivity index (χ4n) is 5.94. The number of carboxylic acid groups (broad SMARTS) is 2. The van der Waals surface area contributed by atoms with Gasteiger partial charge in [0.1, 0.15) is 5.82 Å². The number of imide groups is 1. The van der Waals surface area contributed by atoms with E-state index in [-0.39, 0.29) is 23.5 Å². The van der Waals surface area contributed by atoms with Crippen molar-refractivity contribution in [3.8, 4) is 0 Å². The highest BCUT2D eigenvalue weighted by Gasteiger charge is 2.29. The quantitative estimate of drug-likeness (QED) is 0.123. The van der Waals surface area contributed by atoms with Crippen LogP contribution in [0.25, 0.3) is 10.9 Å². The van der Waals surface area contributed by atoms with Crippen LogP contribution in [-0.4, -0.2) is 87.3 Å². The third-order valence-electron chi connectivity index (χ3n) is 8.44. The number of halogens is 1. The standard InChI is InChI=1S/C31H38FN5O3.C4H4O4/c1-2-3-4-5-6-7-8-12-27(38)37-26-21-23(32)13-14-24(26)29(34-37)36-19-17-35(18-20-36)16-15-22-10-9-11-25-28(22)31(40)33-30(25)39;5-3(6)1-2-4(7)8/h9-11,13-14,21H,2-8,12,15-20H2,1H3,(H,33,39,40);1-2H,(H,5,6)(H,7,8)/b;2-1-. The predicted molar refractivity (Wildman–Crippen MR) is 178 cm³/mol. The van der Waals surface area contributed by atoms with Gasteiger partial charge in [0.05, 0.1) is 16.6 Å². The minimum Gasteiger partial charge on any atom is -0.478 e. The SMILES string of the molecule is CCCCCCCCCC(=O)n1nc(N2CCN(CCc3cccc4c3C(=O)NC4=O)CC2)c2ccc(F)cc21.O=C(O)/C=C\C(=O)O.